The first-order valence-corrected chi connectivity index (χ1v) is 9.93. The van der Waals surface area contributed by atoms with E-state index >= 15 is 0 Å². The SMILES string of the molecule is CCCCOC(=O)C(CCOC)n1cc(OC)c(-c2cc(C)ccc2C#N)cc1=O. The molecule has 0 aliphatic rings. The molecule has 30 heavy (non-hydrogen) atoms. The van der Waals surface area contributed by atoms with E-state index < -0.39 is 12.0 Å². The van der Waals surface area contributed by atoms with Crippen molar-refractivity contribution in [2.75, 3.05) is 27.4 Å². The lowest BCUT2D eigenvalue weighted by Crippen LogP contribution is -2.32. The van der Waals surface area contributed by atoms with Crippen LogP contribution >= 0.6 is 0 Å². The van der Waals surface area contributed by atoms with E-state index in [1.807, 2.05) is 26.0 Å². The fraction of sp³-hybridized carbons (Fsp3) is 0.435. The lowest BCUT2D eigenvalue weighted by atomic mass is 9.98. The normalized spacial score (nSPS) is 11.6. The van der Waals surface area contributed by atoms with Gasteiger partial charge in [0.25, 0.3) is 5.56 Å². The molecule has 7 nitrogen and oxygen atoms in total. The van der Waals surface area contributed by atoms with Gasteiger partial charge < -0.3 is 14.2 Å². The van der Waals surface area contributed by atoms with Crippen LogP contribution in [0.25, 0.3) is 11.1 Å². The quantitative estimate of drug-likeness (QED) is 0.437. The number of methoxy groups -OCH3 is 2. The summed E-state index contributed by atoms with van der Waals surface area (Å²) in [5, 5.41) is 9.47. The van der Waals surface area contributed by atoms with E-state index in [2.05, 4.69) is 6.07 Å². The molecule has 1 aromatic heterocycles. The highest BCUT2D eigenvalue weighted by molar-refractivity contribution is 5.77. The van der Waals surface area contributed by atoms with E-state index in [0.29, 0.717) is 35.7 Å². The molecular weight excluding hydrogens is 384 g/mol. The average molecular weight is 412 g/mol. The summed E-state index contributed by atoms with van der Waals surface area (Å²) in [4.78, 5) is 25.6. The first kappa shape index (κ1) is 23.2. The van der Waals surface area contributed by atoms with Crippen LogP contribution in [-0.2, 0) is 14.3 Å². The van der Waals surface area contributed by atoms with Crippen molar-refractivity contribution in [2.24, 2.45) is 0 Å². The zero-order valence-corrected chi connectivity index (χ0v) is 17.9. The topological polar surface area (TPSA) is 90.5 Å². The molecule has 0 spiro atoms. The standard InChI is InChI=1S/C23H28N2O5/c1-5-6-10-30-23(27)20(9-11-28-3)25-15-21(29-4)19(13-22(25)26)18-12-16(2)7-8-17(18)14-24/h7-8,12-13,15,20H,5-6,9-11H2,1-4H3. The maximum atomic E-state index is 13.0. The summed E-state index contributed by atoms with van der Waals surface area (Å²) >= 11 is 0. The highest BCUT2D eigenvalue weighted by Crippen LogP contribution is 2.32. The van der Waals surface area contributed by atoms with Gasteiger partial charge in [-0.2, -0.15) is 5.26 Å². The van der Waals surface area contributed by atoms with Crippen LogP contribution in [0.5, 0.6) is 5.75 Å². The average Bonchev–Trinajstić information content (AvgIpc) is 2.74. The highest BCUT2D eigenvalue weighted by atomic mass is 16.5. The molecule has 0 saturated carbocycles. The van der Waals surface area contributed by atoms with Gasteiger partial charge in [-0.1, -0.05) is 25.0 Å². The summed E-state index contributed by atoms with van der Waals surface area (Å²) in [6.07, 6.45) is 3.45. The van der Waals surface area contributed by atoms with E-state index in [9.17, 15) is 14.9 Å². The molecule has 0 amide bonds. The predicted octanol–water partition coefficient (Wildman–Crippen LogP) is 3.62. The Hall–Kier alpha value is -3.11. The van der Waals surface area contributed by atoms with Gasteiger partial charge in [0.1, 0.15) is 11.8 Å². The van der Waals surface area contributed by atoms with Gasteiger partial charge in [-0.15, -0.1) is 0 Å². The maximum Gasteiger partial charge on any atom is 0.329 e. The molecule has 0 N–H and O–H groups in total. The van der Waals surface area contributed by atoms with E-state index in [1.54, 1.807) is 6.07 Å². The molecule has 1 unspecified atom stereocenters. The Morgan fingerprint density at radius 2 is 1.97 bits per heavy atom. The molecular formula is C23H28N2O5. The van der Waals surface area contributed by atoms with Gasteiger partial charge >= 0.3 is 5.97 Å². The number of rotatable bonds is 10. The number of hydrogen-bond acceptors (Lipinski definition) is 6. The molecule has 0 aliphatic carbocycles. The van der Waals surface area contributed by atoms with E-state index in [-0.39, 0.29) is 12.0 Å². The number of unbranched alkanes of at least 4 members (excludes halogenated alkanes) is 1. The number of aromatic nitrogens is 1. The number of esters is 1. The molecule has 0 bridgehead atoms. The molecule has 160 valence electrons. The molecule has 0 saturated heterocycles. The van der Waals surface area contributed by atoms with Gasteiger partial charge in [0, 0.05) is 37.3 Å². The van der Waals surface area contributed by atoms with Gasteiger partial charge in [0.2, 0.25) is 0 Å². The molecule has 1 heterocycles. The third-order valence-electron chi connectivity index (χ3n) is 4.80. The predicted molar refractivity (Wildman–Crippen MR) is 114 cm³/mol. The minimum absolute atomic E-state index is 0.289. The minimum Gasteiger partial charge on any atom is -0.495 e. The Balaban J connectivity index is 2.53. The van der Waals surface area contributed by atoms with Crippen LogP contribution in [0, 0.1) is 18.3 Å². The van der Waals surface area contributed by atoms with Gasteiger partial charge in [0.05, 0.1) is 31.5 Å². The van der Waals surface area contributed by atoms with Crippen molar-refractivity contribution in [3.05, 3.63) is 51.9 Å². The number of nitriles is 1. The van der Waals surface area contributed by atoms with Crippen molar-refractivity contribution in [2.45, 2.75) is 39.2 Å². The number of ether oxygens (including phenoxy) is 3. The molecule has 1 atom stereocenters. The summed E-state index contributed by atoms with van der Waals surface area (Å²) < 4.78 is 17.3. The smallest absolute Gasteiger partial charge is 0.329 e. The number of pyridine rings is 1. The third-order valence-corrected chi connectivity index (χ3v) is 4.80. The second kappa shape index (κ2) is 11.2. The van der Waals surface area contributed by atoms with Crippen molar-refractivity contribution < 1.29 is 19.0 Å². The molecule has 0 aliphatic heterocycles. The van der Waals surface area contributed by atoms with Crippen LogP contribution in [0.4, 0.5) is 0 Å². The third kappa shape index (κ3) is 5.49. The summed E-state index contributed by atoms with van der Waals surface area (Å²) in [5.74, 6) is -0.0915. The number of aryl methyl sites for hydroxylation is 1. The molecule has 2 aromatic rings. The Morgan fingerprint density at radius 3 is 2.60 bits per heavy atom. The van der Waals surface area contributed by atoms with Gasteiger partial charge in [-0.25, -0.2) is 4.79 Å². The lowest BCUT2D eigenvalue weighted by Gasteiger charge is -2.20. The summed E-state index contributed by atoms with van der Waals surface area (Å²) in [5.41, 5.74) is 2.12. The second-order valence-corrected chi connectivity index (χ2v) is 6.98. The van der Waals surface area contributed by atoms with Crippen LogP contribution in [0.1, 0.15) is 43.4 Å². The lowest BCUT2D eigenvalue weighted by molar-refractivity contribution is -0.148. The Morgan fingerprint density at radius 1 is 1.20 bits per heavy atom. The van der Waals surface area contributed by atoms with Crippen LogP contribution in [0.2, 0.25) is 0 Å². The molecule has 7 heteroatoms. The first-order chi connectivity index (χ1) is 14.5. The summed E-state index contributed by atoms with van der Waals surface area (Å²) in [7, 11) is 3.02. The number of benzene rings is 1. The molecule has 2 rings (SSSR count). The van der Waals surface area contributed by atoms with Crippen LogP contribution in [0.3, 0.4) is 0 Å². The van der Waals surface area contributed by atoms with Gasteiger partial charge in [-0.3, -0.25) is 9.36 Å². The molecule has 0 fully saturated rings. The van der Waals surface area contributed by atoms with Crippen molar-refractivity contribution >= 4 is 5.97 Å². The summed E-state index contributed by atoms with van der Waals surface area (Å²) in [6.45, 7) is 4.51. The zero-order chi connectivity index (χ0) is 22.1. The van der Waals surface area contributed by atoms with Crippen molar-refractivity contribution in [1.82, 2.24) is 4.57 Å². The minimum atomic E-state index is -0.829. The number of nitrogens with zero attached hydrogens (tertiary/aromatic N) is 2. The molecule has 0 radical (unpaired) electrons. The van der Waals surface area contributed by atoms with E-state index in [1.165, 1.54) is 31.0 Å². The van der Waals surface area contributed by atoms with Crippen LogP contribution in [0.15, 0.2) is 35.3 Å². The largest absolute Gasteiger partial charge is 0.495 e. The fourth-order valence-corrected chi connectivity index (χ4v) is 3.14. The zero-order valence-electron chi connectivity index (χ0n) is 17.9. The second-order valence-electron chi connectivity index (χ2n) is 6.98. The monoisotopic (exact) mass is 412 g/mol. The van der Waals surface area contributed by atoms with Crippen molar-refractivity contribution in [1.29, 1.82) is 5.26 Å². The highest BCUT2D eigenvalue weighted by Gasteiger charge is 2.25. The first-order valence-electron chi connectivity index (χ1n) is 9.93. The van der Waals surface area contributed by atoms with E-state index in [0.717, 1.165) is 18.4 Å². The Bertz CT molecular complexity index is 975. The van der Waals surface area contributed by atoms with Crippen LogP contribution < -0.4 is 10.3 Å². The van der Waals surface area contributed by atoms with Crippen molar-refractivity contribution in [3.63, 3.8) is 0 Å². The number of carbonyl (C=O) groups is 1. The number of carbonyl (C=O) groups excluding carboxylic acids is 1. The molecule has 1 aromatic carbocycles. The summed E-state index contributed by atoms with van der Waals surface area (Å²) in [6, 6.07) is 8.10. The van der Waals surface area contributed by atoms with E-state index in [4.69, 9.17) is 14.2 Å². The Kier molecular flexibility index (Phi) is 8.63. The van der Waals surface area contributed by atoms with Crippen molar-refractivity contribution in [3.8, 4) is 22.9 Å². The van der Waals surface area contributed by atoms with Gasteiger partial charge in [-0.05, 0) is 25.5 Å². The Labute approximate surface area is 176 Å². The number of hydrogen-bond donors (Lipinski definition) is 0. The maximum absolute atomic E-state index is 13.0. The van der Waals surface area contributed by atoms with Gasteiger partial charge in [0.15, 0.2) is 0 Å². The fourth-order valence-electron chi connectivity index (χ4n) is 3.14. The van der Waals surface area contributed by atoms with Crippen LogP contribution in [-0.4, -0.2) is 38.0 Å².